The first-order valence-electron chi connectivity index (χ1n) is 8.08. The van der Waals surface area contributed by atoms with Crippen LogP contribution >= 0.6 is 0 Å². The first-order chi connectivity index (χ1) is 13.1. The van der Waals surface area contributed by atoms with Gasteiger partial charge in [0.2, 0.25) is 0 Å². The highest BCUT2D eigenvalue weighted by molar-refractivity contribution is 6.20. The van der Waals surface area contributed by atoms with Gasteiger partial charge in [0.25, 0.3) is 11.8 Å². The topological polar surface area (TPSA) is 82.1 Å². The third kappa shape index (κ3) is 3.45. The van der Waals surface area contributed by atoms with Crippen molar-refractivity contribution in [2.45, 2.75) is 6.61 Å². The fraction of sp³-hybridized carbons (Fsp3) is 0.150. The summed E-state index contributed by atoms with van der Waals surface area (Å²) < 4.78 is 9.75. The number of amides is 2. The Balaban J connectivity index is 1.84. The number of hydrogen-bond acceptors (Lipinski definition) is 6. The summed E-state index contributed by atoms with van der Waals surface area (Å²) in [5.74, 6) is -1.62. The summed E-state index contributed by atoms with van der Waals surface area (Å²) in [6, 6.07) is 13.4. The molecule has 0 radical (unpaired) electrons. The van der Waals surface area contributed by atoms with Crippen molar-refractivity contribution >= 4 is 23.4 Å². The van der Waals surface area contributed by atoms with Crippen molar-refractivity contribution in [1.29, 1.82) is 0 Å². The Labute approximate surface area is 155 Å². The van der Waals surface area contributed by atoms with E-state index in [0.29, 0.717) is 22.3 Å². The van der Waals surface area contributed by atoms with Gasteiger partial charge in [-0.1, -0.05) is 36.4 Å². The van der Waals surface area contributed by atoms with Gasteiger partial charge >= 0.3 is 5.97 Å². The van der Waals surface area contributed by atoms with E-state index in [-0.39, 0.29) is 12.2 Å². The normalized spacial score (nSPS) is 13.6. The molecule has 0 atom stereocenters. The molecule has 0 N–H and O–H groups in total. The molecule has 1 heterocycles. The minimum atomic E-state index is -0.579. The lowest BCUT2D eigenvalue weighted by atomic mass is 10.0. The fourth-order valence-corrected chi connectivity index (χ4v) is 2.78. The second-order valence-electron chi connectivity index (χ2n) is 5.64. The average Bonchev–Trinajstić information content (AvgIpc) is 2.95. The molecule has 2 aromatic carbocycles. The summed E-state index contributed by atoms with van der Waals surface area (Å²) >= 11 is 0. The molecule has 0 saturated carbocycles. The number of carbonyl (C=O) groups is 3. The van der Waals surface area contributed by atoms with Gasteiger partial charge in [0.15, 0.2) is 0 Å². The Morgan fingerprint density at radius 2 is 1.56 bits per heavy atom. The molecule has 0 unspecified atom stereocenters. The lowest BCUT2D eigenvalue weighted by Gasteiger charge is -2.16. The number of hydroxylamine groups is 2. The van der Waals surface area contributed by atoms with Gasteiger partial charge in [-0.2, -0.15) is 0 Å². The van der Waals surface area contributed by atoms with Crippen LogP contribution < -0.4 is 0 Å². The maximum absolute atomic E-state index is 12.4. The molecule has 1 aliphatic rings. The zero-order chi connectivity index (χ0) is 19.4. The smallest absolute Gasteiger partial charge is 0.341 e. The van der Waals surface area contributed by atoms with Crippen LogP contribution in [0.5, 0.6) is 0 Å². The van der Waals surface area contributed by atoms with Gasteiger partial charge in [0, 0.05) is 0 Å². The zero-order valence-electron chi connectivity index (χ0n) is 14.8. The van der Waals surface area contributed by atoms with Crippen molar-refractivity contribution < 1.29 is 28.7 Å². The van der Waals surface area contributed by atoms with E-state index in [1.54, 1.807) is 48.5 Å². The maximum Gasteiger partial charge on any atom is 0.341 e. The van der Waals surface area contributed by atoms with Gasteiger partial charge < -0.3 is 9.47 Å². The van der Waals surface area contributed by atoms with E-state index < -0.39 is 17.8 Å². The molecule has 0 saturated heterocycles. The van der Waals surface area contributed by atoms with Crippen LogP contribution in [0.15, 0.2) is 54.8 Å². The van der Waals surface area contributed by atoms with Crippen molar-refractivity contribution in [2.24, 2.45) is 0 Å². The first kappa shape index (κ1) is 18.3. The third-order valence-corrected chi connectivity index (χ3v) is 4.05. The van der Waals surface area contributed by atoms with Gasteiger partial charge in [0.1, 0.15) is 12.2 Å². The molecule has 138 valence electrons. The Morgan fingerprint density at radius 3 is 2.15 bits per heavy atom. The van der Waals surface area contributed by atoms with Gasteiger partial charge in [-0.3, -0.25) is 14.4 Å². The van der Waals surface area contributed by atoms with Gasteiger partial charge in [-0.15, -0.1) is 5.06 Å². The highest BCUT2D eigenvalue weighted by Gasteiger charge is 2.36. The van der Waals surface area contributed by atoms with E-state index in [1.807, 2.05) is 0 Å². The lowest BCUT2D eigenvalue weighted by Crippen LogP contribution is -2.30. The maximum atomic E-state index is 12.4. The van der Waals surface area contributed by atoms with Crippen molar-refractivity contribution in [3.63, 3.8) is 0 Å². The molecule has 7 heteroatoms. The summed E-state index contributed by atoms with van der Waals surface area (Å²) in [6.45, 7) is -0.0975. The molecular formula is C20H17NO6. The number of ether oxygens (including phenoxy) is 2. The Morgan fingerprint density at radius 1 is 0.963 bits per heavy atom. The summed E-state index contributed by atoms with van der Waals surface area (Å²) in [4.78, 5) is 42.3. The molecule has 2 aromatic rings. The molecule has 2 amide bonds. The van der Waals surface area contributed by atoms with Crippen molar-refractivity contribution in [1.82, 2.24) is 5.06 Å². The minimum Gasteiger partial charge on any atom is -0.503 e. The Hall–Kier alpha value is -3.45. The zero-order valence-corrected chi connectivity index (χ0v) is 14.8. The highest BCUT2D eigenvalue weighted by Crippen LogP contribution is 2.25. The van der Waals surface area contributed by atoms with Crippen LogP contribution in [0.4, 0.5) is 0 Å². The number of carbonyl (C=O) groups excluding carboxylic acids is 3. The van der Waals surface area contributed by atoms with Gasteiger partial charge in [-0.25, -0.2) is 4.79 Å². The number of esters is 1. The average molecular weight is 367 g/mol. The summed E-state index contributed by atoms with van der Waals surface area (Å²) in [6.07, 6.45) is 1.27. The Kier molecular flexibility index (Phi) is 5.33. The van der Waals surface area contributed by atoms with E-state index >= 15 is 0 Å². The van der Waals surface area contributed by atoms with E-state index in [4.69, 9.17) is 14.3 Å². The molecule has 3 rings (SSSR count). The van der Waals surface area contributed by atoms with Gasteiger partial charge in [0.05, 0.1) is 31.6 Å². The molecular weight excluding hydrogens is 350 g/mol. The summed E-state index contributed by atoms with van der Waals surface area (Å²) in [5.41, 5.74) is 1.89. The van der Waals surface area contributed by atoms with Crippen molar-refractivity contribution in [3.8, 4) is 0 Å². The molecule has 0 fully saturated rings. The van der Waals surface area contributed by atoms with Crippen molar-refractivity contribution in [3.05, 3.63) is 77.0 Å². The molecule has 7 nitrogen and oxygen atoms in total. The van der Waals surface area contributed by atoms with Crippen molar-refractivity contribution in [2.75, 3.05) is 14.2 Å². The van der Waals surface area contributed by atoms with E-state index in [1.165, 1.54) is 20.5 Å². The minimum absolute atomic E-state index is 0.0975. The van der Waals surface area contributed by atoms with Gasteiger partial charge in [-0.05, 0) is 23.3 Å². The number of hydrogen-bond donors (Lipinski definition) is 0. The lowest BCUT2D eigenvalue weighted by molar-refractivity contribution is -0.133. The van der Waals surface area contributed by atoms with Crippen LogP contribution in [0.25, 0.3) is 5.57 Å². The van der Waals surface area contributed by atoms with Crippen LogP contribution in [0.1, 0.15) is 31.8 Å². The Bertz CT molecular complexity index is 899. The van der Waals surface area contributed by atoms with Crippen LogP contribution in [-0.2, 0) is 25.7 Å². The summed E-state index contributed by atoms with van der Waals surface area (Å²) in [7, 11) is 2.69. The number of benzene rings is 2. The first-order valence-corrected chi connectivity index (χ1v) is 8.08. The number of imide groups is 1. The number of fused-ring (bicyclic) bond motifs is 1. The molecule has 1 aliphatic heterocycles. The quantitative estimate of drug-likeness (QED) is 0.338. The monoisotopic (exact) mass is 367 g/mol. The second-order valence-corrected chi connectivity index (χ2v) is 5.64. The van der Waals surface area contributed by atoms with Crippen LogP contribution in [0.3, 0.4) is 0 Å². The number of rotatable bonds is 6. The SMILES string of the molecule is COC=C(C(=O)OC)c1ccccc1CON1C(=O)c2ccccc2C1=O. The molecule has 27 heavy (non-hydrogen) atoms. The number of nitrogens with zero attached hydrogens (tertiary/aromatic N) is 1. The van der Waals surface area contributed by atoms with Crippen LogP contribution in [0, 0.1) is 0 Å². The molecule has 0 spiro atoms. The van der Waals surface area contributed by atoms with Crippen LogP contribution in [0.2, 0.25) is 0 Å². The van der Waals surface area contributed by atoms with Crippen LogP contribution in [-0.4, -0.2) is 37.1 Å². The van der Waals surface area contributed by atoms with E-state index in [9.17, 15) is 14.4 Å². The molecule has 0 aromatic heterocycles. The molecule has 0 bridgehead atoms. The third-order valence-electron chi connectivity index (χ3n) is 4.05. The number of methoxy groups -OCH3 is 2. The molecule has 0 aliphatic carbocycles. The largest absolute Gasteiger partial charge is 0.503 e. The summed E-state index contributed by atoms with van der Waals surface area (Å²) in [5, 5.41) is 0.735. The fourth-order valence-electron chi connectivity index (χ4n) is 2.78. The second kappa shape index (κ2) is 7.84. The predicted molar refractivity (Wildman–Crippen MR) is 95.2 cm³/mol. The van der Waals surface area contributed by atoms with E-state index in [2.05, 4.69) is 0 Å². The highest BCUT2D eigenvalue weighted by atomic mass is 16.7. The van der Waals surface area contributed by atoms with E-state index in [0.717, 1.165) is 5.06 Å². The predicted octanol–water partition coefficient (Wildman–Crippen LogP) is 2.57. The standard InChI is InChI=1S/C20H17NO6/c1-25-12-17(20(24)26-2)14-8-4-3-7-13(14)11-27-21-18(22)15-9-5-6-10-16(15)19(21)23/h3-10,12H,11H2,1-2H3.